The van der Waals surface area contributed by atoms with E-state index in [1.54, 1.807) is 31.1 Å². The summed E-state index contributed by atoms with van der Waals surface area (Å²) in [5.74, 6) is 1.43. The average Bonchev–Trinajstić information content (AvgIpc) is 2.77. The summed E-state index contributed by atoms with van der Waals surface area (Å²) in [6.45, 7) is 0. The number of hydrogen-bond donors (Lipinski definition) is 2. The molecule has 0 aliphatic rings. The number of pyridine rings is 1. The van der Waals surface area contributed by atoms with Crippen LogP contribution in [-0.4, -0.2) is 19.9 Å². The van der Waals surface area contributed by atoms with Gasteiger partial charge in [-0.1, -0.05) is 0 Å². The number of anilines is 2. The number of aromatic amines is 2. The van der Waals surface area contributed by atoms with Crippen molar-refractivity contribution in [3.05, 3.63) is 37.2 Å². The molecule has 0 saturated heterocycles. The zero-order chi connectivity index (χ0) is 10.8. The Kier molecular flexibility index (Phi) is 1.96. The maximum Gasteiger partial charge on any atom is 0.210 e. The van der Waals surface area contributed by atoms with Gasteiger partial charge in [-0.25, -0.2) is 19.9 Å². The van der Waals surface area contributed by atoms with Gasteiger partial charge in [-0.15, -0.1) is 0 Å². The predicted molar refractivity (Wildman–Crippen MR) is 58.0 cm³/mol. The highest BCUT2D eigenvalue weighted by atomic mass is 15.1. The summed E-state index contributed by atoms with van der Waals surface area (Å²) < 4.78 is 0. The van der Waals surface area contributed by atoms with Crippen LogP contribution in [0.5, 0.6) is 0 Å². The van der Waals surface area contributed by atoms with Crippen molar-refractivity contribution < 1.29 is 4.98 Å². The first kappa shape index (κ1) is 8.78. The largest absolute Gasteiger partial charge is 0.343 e. The molecule has 0 fully saturated rings. The van der Waals surface area contributed by atoms with Crippen molar-refractivity contribution >= 4 is 22.7 Å². The van der Waals surface area contributed by atoms with E-state index in [-0.39, 0.29) is 0 Å². The molecule has 3 aromatic heterocycles. The molecule has 0 saturated carbocycles. The standard InChI is InChI=1S/C10H8N6/c1-2-12-10(5-11-1)16-9-3-7-8(4-13-9)15-6-14-7/h1-6H,(H,14,15)(H,12,13,16)/p+1. The van der Waals surface area contributed by atoms with Gasteiger partial charge in [0.1, 0.15) is 5.82 Å². The van der Waals surface area contributed by atoms with E-state index < -0.39 is 0 Å². The molecule has 0 bridgehead atoms. The van der Waals surface area contributed by atoms with Crippen molar-refractivity contribution in [2.75, 3.05) is 5.32 Å². The Bertz CT molecular complexity index is 603. The fraction of sp³-hybridized carbons (Fsp3) is 0. The van der Waals surface area contributed by atoms with Crippen LogP contribution < -0.4 is 10.3 Å². The Hall–Kier alpha value is -2.50. The van der Waals surface area contributed by atoms with Gasteiger partial charge in [0, 0.05) is 6.07 Å². The highest BCUT2D eigenvalue weighted by Crippen LogP contribution is 2.14. The number of aromatic nitrogens is 5. The fourth-order valence-electron chi connectivity index (χ4n) is 1.43. The quantitative estimate of drug-likeness (QED) is 0.663. The Balaban J connectivity index is 1.94. The van der Waals surface area contributed by atoms with Crippen LogP contribution in [0.2, 0.25) is 0 Å². The van der Waals surface area contributed by atoms with Crippen molar-refractivity contribution in [3.63, 3.8) is 0 Å². The van der Waals surface area contributed by atoms with Gasteiger partial charge in [0.25, 0.3) is 0 Å². The molecule has 3 heterocycles. The number of H-pyrrole nitrogens is 2. The highest BCUT2D eigenvalue weighted by molar-refractivity contribution is 5.77. The first-order valence-corrected chi connectivity index (χ1v) is 4.80. The predicted octanol–water partition coefficient (Wildman–Crippen LogP) is 0.911. The van der Waals surface area contributed by atoms with Gasteiger partial charge in [0.05, 0.1) is 29.8 Å². The smallest absolute Gasteiger partial charge is 0.210 e. The molecule has 0 aliphatic carbocycles. The lowest BCUT2D eigenvalue weighted by atomic mass is 10.4. The average molecular weight is 213 g/mol. The second kappa shape index (κ2) is 3.58. The summed E-state index contributed by atoms with van der Waals surface area (Å²) in [6, 6.07) is 1.86. The molecule has 16 heavy (non-hydrogen) atoms. The SMILES string of the molecule is c1c[nH+]cc(Nc2cc3nc[nH]c3cn2)n1. The molecule has 0 aromatic carbocycles. The van der Waals surface area contributed by atoms with Crippen LogP contribution in [0.15, 0.2) is 37.2 Å². The van der Waals surface area contributed by atoms with Gasteiger partial charge in [0.2, 0.25) is 6.20 Å². The maximum atomic E-state index is 4.24. The van der Waals surface area contributed by atoms with Crippen molar-refractivity contribution in [1.29, 1.82) is 0 Å². The van der Waals surface area contributed by atoms with Crippen LogP contribution in [0.3, 0.4) is 0 Å². The third-order valence-electron chi connectivity index (χ3n) is 2.17. The number of fused-ring (bicyclic) bond motifs is 1. The Morgan fingerprint density at radius 1 is 1.19 bits per heavy atom. The Morgan fingerprint density at radius 2 is 2.19 bits per heavy atom. The van der Waals surface area contributed by atoms with E-state index in [4.69, 9.17) is 0 Å². The summed E-state index contributed by atoms with van der Waals surface area (Å²) in [6.07, 6.45) is 8.56. The minimum atomic E-state index is 0.713. The van der Waals surface area contributed by atoms with E-state index in [1.807, 2.05) is 6.07 Å². The molecule has 0 unspecified atom stereocenters. The zero-order valence-corrected chi connectivity index (χ0v) is 8.31. The molecule has 0 aliphatic heterocycles. The number of nitrogens with zero attached hydrogens (tertiary/aromatic N) is 3. The van der Waals surface area contributed by atoms with E-state index in [2.05, 4.69) is 30.2 Å². The Morgan fingerprint density at radius 3 is 3.06 bits per heavy atom. The van der Waals surface area contributed by atoms with Gasteiger partial charge in [-0.05, 0) is 0 Å². The minimum Gasteiger partial charge on any atom is -0.343 e. The summed E-state index contributed by atoms with van der Waals surface area (Å²) >= 11 is 0. The van der Waals surface area contributed by atoms with Gasteiger partial charge < -0.3 is 10.3 Å². The zero-order valence-electron chi connectivity index (χ0n) is 8.31. The molecular weight excluding hydrogens is 204 g/mol. The van der Waals surface area contributed by atoms with Gasteiger partial charge in [-0.3, -0.25) is 0 Å². The van der Waals surface area contributed by atoms with Crippen molar-refractivity contribution in [2.45, 2.75) is 0 Å². The lowest BCUT2D eigenvalue weighted by molar-refractivity contribution is -0.377. The van der Waals surface area contributed by atoms with Crippen molar-refractivity contribution in [1.82, 2.24) is 19.9 Å². The molecule has 0 spiro atoms. The van der Waals surface area contributed by atoms with Crippen molar-refractivity contribution in [3.8, 4) is 0 Å². The molecular formula is C10H9N6+. The first-order chi connectivity index (χ1) is 7.92. The molecule has 0 radical (unpaired) electrons. The van der Waals surface area contributed by atoms with Gasteiger partial charge in [-0.2, -0.15) is 0 Å². The van der Waals surface area contributed by atoms with Crippen LogP contribution in [0.4, 0.5) is 11.6 Å². The van der Waals surface area contributed by atoms with E-state index in [0.717, 1.165) is 11.0 Å². The van der Waals surface area contributed by atoms with Gasteiger partial charge >= 0.3 is 0 Å². The third kappa shape index (κ3) is 1.56. The normalized spacial score (nSPS) is 10.5. The van der Waals surface area contributed by atoms with Crippen molar-refractivity contribution in [2.24, 2.45) is 0 Å². The second-order valence-corrected chi connectivity index (χ2v) is 3.26. The summed E-state index contributed by atoms with van der Waals surface area (Å²) in [4.78, 5) is 18.5. The molecule has 0 amide bonds. The third-order valence-corrected chi connectivity index (χ3v) is 2.17. The molecule has 3 N–H and O–H groups in total. The summed E-state index contributed by atoms with van der Waals surface area (Å²) in [7, 11) is 0. The van der Waals surface area contributed by atoms with E-state index >= 15 is 0 Å². The lowest BCUT2D eigenvalue weighted by Gasteiger charge is -2.00. The van der Waals surface area contributed by atoms with Crippen LogP contribution in [0.25, 0.3) is 11.0 Å². The van der Waals surface area contributed by atoms with E-state index in [1.165, 1.54) is 0 Å². The molecule has 0 atom stereocenters. The van der Waals surface area contributed by atoms with Crippen LogP contribution in [0.1, 0.15) is 0 Å². The second-order valence-electron chi connectivity index (χ2n) is 3.26. The number of imidazole rings is 1. The first-order valence-electron chi connectivity index (χ1n) is 4.80. The lowest BCUT2D eigenvalue weighted by Crippen LogP contribution is -2.04. The van der Waals surface area contributed by atoms with Crippen LogP contribution in [-0.2, 0) is 0 Å². The molecule has 6 heteroatoms. The minimum absolute atomic E-state index is 0.713. The summed E-state index contributed by atoms with van der Waals surface area (Å²) in [5.41, 5.74) is 1.79. The van der Waals surface area contributed by atoms with Gasteiger partial charge in [0.15, 0.2) is 12.0 Å². The van der Waals surface area contributed by atoms with E-state index in [9.17, 15) is 0 Å². The monoisotopic (exact) mass is 213 g/mol. The van der Waals surface area contributed by atoms with E-state index in [0.29, 0.717) is 11.6 Å². The fourth-order valence-corrected chi connectivity index (χ4v) is 1.43. The maximum absolute atomic E-state index is 4.24. The van der Waals surface area contributed by atoms with Crippen LogP contribution in [0, 0.1) is 0 Å². The molecule has 3 aromatic rings. The highest BCUT2D eigenvalue weighted by Gasteiger charge is 2.02. The topological polar surface area (TPSA) is 80.6 Å². The Labute approximate surface area is 90.8 Å². The molecule has 3 rings (SSSR count). The number of hydrogen-bond acceptors (Lipinski definition) is 4. The molecule has 6 nitrogen and oxygen atoms in total. The number of rotatable bonds is 2. The molecule has 78 valence electrons. The van der Waals surface area contributed by atoms with Crippen LogP contribution >= 0.6 is 0 Å². The summed E-state index contributed by atoms with van der Waals surface area (Å²) in [5, 5.41) is 3.08. The number of nitrogens with one attached hydrogen (secondary N) is 3.